The molecular formula is C96H61B2N5OS2. The minimum Gasteiger partial charge on any atom is -0.458 e. The predicted octanol–water partition coefficient (Wildman–Crippen LogP) is 23.2. The second-order valence-corrected chi connectivity index (χ2v) is 29.9. The summed E-state index contributed by atoms with van der Waals surface area (Å²) in [7, 11) is 0. The third kappa shape index (κ3) is 9.31. The van der Waals surface area contributed by atoms with Gasteiger partial charge in [-0.1, -0.05) is 249 Å². The van der Waals surface area contributed by atoms with Gasteiger partial charge in [-0.05, 0) is 159 Å². The number of rotatable bonds is 11. The molecule has 0 fully saturated rings. The molecule has 6 heterocycles. The Morgan fingerprint density at radius 3 is 1.43 bits per heavy atom. The van der Waals surface area contributed by atoms with Crippen molar-refractivity contribution in [1.29, 1.82) is 0 Å². The van der Waals surface area contributed by atoms with E-state index in [9.17, 15) is 0 Å². The summed E-state index contributed by atoms with van der Waals surface area (Å²) in [6, 6.07) is 137. The molecule has 0 unspecified atom stereocenters. The van der Waals surface area contributed by atoms with Crippen LogP contribution < -0.4 is 62.0 Å². The van der Waals surface area contributed by atoms with Crippen molar-refractivity contribution in [3.63, 3.8) is 0 Å². The zero-order valence-electron chi connectivity index (χ0n) is 57.3. The number of nitrogens with zero attached hydrogens (tertiary/aromatic N) is 5. The van der Waals surface area contributed by atoms with Gasteiger partial charge in [0.15, 0.2) is 0 Å². The number of hydrogen-bond donors (Lipinski definition) is 0. The van der Waals surface area contributed by atoms with E-state index in [-0.39, 0.29) is 13.4 Å². The molecule has 6 nitrogen and oxygen atoms in total. The maximum absolute atomic E-state index is 7.51. The molecule has 494 valence electrons. The highest BCUT2D eigenvalue weighted by Crippen LogP contribution is 2.56. The fourth-order valence-electron chi connectivity index (χ4n) is 17.7. The highest BCUT2D eigenvalue weighted by Gasteiger charge is 2.49. The van der Waals surface area contributed by atoms with E-state index in [0.717, 1.165) is 130 Å². The molecule has 4 aliphatic heterocycles. The van der Waals surface area contributed by atoms with Gasteiger partial charge in [-0.25, -0.2) is 0 Å². The number of hydrogen-bond acceptors (Lipinski definition) is 8. The van der Waals surface area contributed by atoms with Gasteiger partial charge >= 0.3 is 0 Å². The normalized spacial score (nSPS) is 12.9. The van der Waals surface area contributed by atoms with Crippen LogP contribution in [0, 0.1) is 0 Å². The highest BCUT2D eigenvalue weighted by atomic mass is 32.1. The quantitative estimate of drug-likeness (QED) is 0.120. The molecule has 0 spiro atoms. The number of benzene rings is 16. The third-order valence-electron chi connectivity index (χ3n) is 22.0. The number of thiophene rings is 2. The van der Waals surface area contributed by atoms with Crippen LogP contribution in [-0.2, 0) is 0 Å². The molecule has 0 radical (unpaired) electrons. The third-order valence-corrected chi connectivity index (χ3v) is 24.3. The van der Waals surface area contributed by atoms with E-state index >= 15 is 0 Å². The molecule has 0 atom stereocenters. The summed E-state index contributed by atoms with van der Waals surface area (Å²) in [5.74, 6) is 1.67. The average molecular weight is 1390 g/mol. The van der Waals surface area contributed by atoms with Gasteiger partial charge in [-0.3, -0.25) is 0 Å². The number of ether oxygens (including phenoxy) is 1. The summed E-state index contributed by atoms with van der Waals surface area (Å²) in [6.45, 7) is -0.522. The molecule has 16 aromatic carbocycles. The SMILES string of the molecule is c1ccc(-c2cccc(-c3ccccc3)c2N2c3cc4c(cc3B3c5ccccc5N(c5cccc6sc7ccccc7c56)c5cc(N(c6ccccc6)c6ccccc6)cc2c53)B2c3ccccc3Oc3cc(N(c5ccccc5)c5cccc6c5sc5ccccc56)cc(c32)N4c2ccccc2)cc1. The van der Waals surface area contributed by atoms with Crippen molar-refractivity contribution in [1.82, 2.24) is 0 Å². The van der Waals surface area contributed by atoms with Gasteiger partial charge in [-0.2, -0.15) is 0 Å². The summed E-state index contributed by atoms with van der Waals surface area (Å²) in [5, 5.41) is 4.97. The van der Waals surface area contributed by atoms with E-state index in [1.807, 2.05) is 22.7 Å². The summed E-state index contributed by atoms with van der Waals surface area (Å²) in [4.78, 5) is 12.8. The average Bonchev–Trinajstić information content (AvgIpc) is 0.711. The fourth-order valence-corrected chi connectivity index (χ4v) is 20.0. The first-order valence-corrected chi connectivity index (χ1v) is 37.9. The van der Waals surface area contributed by atoms with Crippen LogP contribution in [0.15, 0.2) is 370 Å². The first-order chi connectivity index (χ1) is 52.6. The Labute approximate surface area is 623 Å². The summed E-state index contributed by atoms with van der Waals surface area (Å²) >= 11 is 3.71. The Balaban J connectivity index is 0.887. The molecule has 0 aliphatic carbocycles. The molecule has 106 heavy (non-hydrogen) atoms. The molecule has 10 heteroatoms. The van der Waals surface area contributed by atoms with Crippen LogP contribution in [0.5, 0.6) is 11.5 Å². The van der Waals surface area contributed by atoms with Crippen molar-refractivity contribution in [3.05, 3.63) is 370 Å². The second kappa shape index (κ2) is 24.3. The van der Waals surface area contributed by atoms with Gasteiger partial charge in [0.2, 0.25) is 0 Å². The summed E-state index contributed by atoms with van der Waals surface area (Å²) in [6.07, 6.45) is 0. The number of anilines is 15. The maximum atomic E-state index is 7.51. The Kier molecular flexibility index (Phi) is 13.8. The van der Waals surface area contributed by atoms with Crippen molar-refractivity contribution < 1.29 is 4.74 Å². The predicted molar refractivity (Wildman–Crippen MR) is 452 cm³/mol. The van der Waals surface area contributed by atoms with Gasteiger partial charge in [0.25, 0.3) is 13.4 Å². The van der Waals surface area contributed by atoms with Crippen LogP contribution in [0.25, 0.3) is 62.6 Å². The monoisotopic (exact) mass is 1390 g/mol. The van der Waals surface area contributed by atoms with Gasteiger partial charge < -0.3 is 29.2 Å². The molecule has 18 aromatic rings. The minimum absolute atomic E-state index is 0.251. The van der Waals surface area contributed by atoms with E-state index in [1.165, 1.54) is 62.2 Å². The van der Waals surface area contributed by atoms with Gasteiger partial charge in [-0.15, -0.1) is 22.7 Å². The molecule has 0 amide bonds. The molecule has 0 bridgehead atoms. The number of para-hydroxylation sites is 7. The van der Waals surface area contributed by atoms with Crippen molar-refractivity contribution in [2.75, 3.05) is 24.5 Å². The Hall–Kier alpha value is -13.1. The first kappa shape index (κ1) is 60.5. The van der Waals surface area contributed by atoms with Crippen LogP contribution in [0.2, 0.25) is 0 Å². The van der Waals surface area contributed by atoms with Crippen LogP contribution in [0.1, 0.15) is 0 Å². The topological polar surface area (TPSA) is 25.4 Å². The smallest absolute Gasteiger partial charge is 0.256 e. The van der Waals surface area contributed by atoms with Crippen LogP contribution in [0.3, 0.4) is 0 Å². The Morgan fingerprint density at radius 1 is 0.274 bits per heavy atom. The van der Waals surface area contributed by atoms with E-state index in [2.05, 4.69) is 395 Å². The molecular weight excluding hydrogens is 1320 g/mol. The minimum atomic E-state index is -0.271. The standard InChI is InChI=1S/C96H61B2N5OS2/c1-7-30-62(31-8-1)70-44-27-45-71(63-32-9-2-10-33-63)95(70)103-83-61-82-77(98-76-48-22-24-52-87(76)104-88-59-69(58-86(94(88)98)101(82)67-40-17-6-18-41-67)100(66-38-15-5-16-39-66)81-51-28-46-73-72-42-19-25-53-89(72)106-96(73)81)60-78(83)97-75-47-21-23-49-79(75)102(80-50-29-55-91-92(80)74-43-20-26-54-90(74)105-91)84-56-68(57-85(103)93(84)97)99(64-34-11-3-12-35-64)65-36-13-4-14-37-65/h1-61H. The Bertz CT molecular complexity index is 6460. The van der Waals surface area contributed by atoms with E-state index in [1.54, 1.807) is 0 Å². The van der Waals surface area contributed by atoms with Gasteiger partial charge in [0, 0.05) is 110 Å². The lowest BCUT2D eigenvalue weighted by Crippen LogP contribution is -2.64. The lowest BCUT2D eigenvalue weighted by Gasteiger charge is -2.47. The molecule has 0 saturated carbocycles. The summed E-state index contributed by atoms with van der Waals surface area (Å²) in [5.41, 5.74) is 27.6. The largest absolute Gasteiger partial charge is 0.458 e. The van der Waals surface area contributed by atoms with Crippen molar-refractivity contribution in [2.24, 2.45) is 0 Å². The lowest BCUT2D eigenvalue weighted by atomic mass is 9.30. The van der Waals surface area contributed by atoms with Crippen LogP contribution in [-0.4, -0.2) is 13.4 Å². The van der Waals surface area contributed by atoms with Crippen molar-refractivity contribution in [2.45, 2.75) is 0 Å². The van der Waals surface area contributed by atoms with Crippen LogP contribution >= 0.6 is 22.7 Å². The first-order valence-electron chi connectivity index (χ1n) is 36.3. The molecule has 22 rings (SSSR count). The maximum Gasteiger partial charge on any atom is 0.256 e. The van der Waals surface area contributed by atoms with E-state index in [0.29, 0.717) is 0 Å². The van der Waals surface area contributed by atoms with E-state index in [4.69, 9.17) is 4.74 Å². The second-order valence-electron chi connectivity index (χ2n) is 27.8. The zero-order valence-corrected chi connectivity index (χ0v) is 59.0. The van der Waals surface area contributed by atoms with E-state index < -0.39 is 0 Å². The van der Waals surface area contributed by atoms with Gasteiger partial charge in [0.1, 0.15) is 11.5 Å². The lowest BCUT2D eigenvalue weighted by molar-refractivity contribution is 0.487. The fraction of sp³-hybridized carbons (Fsp3) is 0. The molecule has 2 aromatic heterocycles. The molecule has 0 saturated heterocycles. The highest BCUT2D eigenvalue weighted by molar-refractivity contribution is 7.26. The van der Waals surface area contributed by atoms with Crippen molar-refractivity contribution in [3.8, 4) is 33.8 Å². The zero-order chi connectivity index (χ0) is 69.5. The van der Waals surface area contributed by atoms with Crippen molar-refractivity contribution >= 4 is 195 Å². The van der Waals surface area contributed by atoms with Crippen LogP contribution in [0.4, 0.5) is 85.3 Å². The molecule has 0 N–H and O–H groups in total. The molecule has 4 aliphatic rings. The summed E-state index contributed by atoms with van der Waals surface area (Å²) < 4.78 is 12.5. The Morgan fingerprint density at radius 2 is 0.755 bits per heavy atom. The van der Waals surface area contributed by atoms with Gasteiger partial charge in [0.05, 0.1) is 33.1 Å². The number of fused-ring (bicyclic) bond motifs is 14.